The van der Waals surface area contributed by atoms with Crippen molar-refractivity contribution in [2.45, 2.75) is 10.6 Å². The number of hydrogen-bond donors (Lipinski definition) is 1. The highest BCUT2D eigenvalue weighted by molar-refractivity contribution is 7.90. The van der Waals surface area contributed by atoms with Crippen molar-refractivity contribution >= 4 is 15.5 Å². The highest BCUT2D eigenvalue weighted by Gasteiger charge is 2.21. The summed E-state index contributed by atoms with van der Waals surface area (Å²) >= 11 is 0. The van der Waals surface area contributed by atoms with Crippen molar-refractivity contribution in [3.63, 3.8) is 0 Å². The molecule has 0 aromatic heterocycles. The van der Waals surface area contributed by atoms with Gasteiger partial charge in [-0.05, 0) is 30.3 Å². The lowest BCUT2D eigenvalue weighted by molar-refractivity contribution is 0.555. The van der Waals surface area contributed by atoms with E-state index in [1.165, 1.54) is 0 Å². The molecular weight excluding hydrogens is 291 g/mol. The van der Waals surface area contributed by atoms with Crippen molar-refractivity contribution in [2.24, 2.45) is 0 Å². The third-order valence-electron chi connectivity index (χ3n) is 2.73. The van der Waals surface area contributed by atoms with Gasteiger partial charge < -0.3 is 5.73 Å². The van der Waals surface area contributed by atoms with Gasteiger partial charge in [-0.25, -0.2) is 21.6 Å². The number of benzene rings is 2. The van der Waals surface area contributed by atoms with E-state index in [2.05, 4.69) is 0 Å². The van der Waals surface area contributed by atoms with Gasteiger partial charge in [0.15, 0.2) is 9.84 Å². The van der Waals surface area contributed by atoms with E-state index in [-0.39, 0.29) is 10.6 Å². The Hall–Kier alpha value is -2.02. The molecule has 0 saturated heterocycles. The highest BCUT2D eigenvalue weighted by atomic mass is 32.2. The summed E-state index contributed by atoms with van der Waals surface area (Å²) in [6.45, 7) is 0. The quantitative estimate of drug-likeness (QED) is 0.887. The van der Waals surface area contributed by atoms with Crippen molar-refractivity contribution in [3.05, 3.63) is 59.4 Å². The van der Waals surface area contributed by atoms with Crippen molar-refractivity contribution < 1.29 is 21.6 Å². The Morgan fingerprint density at radius 2 is 1.55 bits per heavy atom. The maximum atomic E-state index is 13.4. The molecule has 0 spiro atoms. The van der Waals surface area contributed by atoms with Crippen LogP contribution in [0, 0.1) is 17.5 Å². The SMILES string of the molecule is Nc1ccc(S(=O)(=O)Cc2c(F)cccc2F)cc1F. The molecule has 106 valence electrons. The summed E-state index contributed by atoms with van der Waals surface area (Å²) in [5.41, 5.74) is 4.46. The number of rotatable bonds is 3. The molecule has 3 nitrogen and oxygen atoms in total. The van der Waals surface area contributed by atoms with Gasteiger partial charge in [-0.2, -0.15) is 0 Å². The van der Waals surface area contributed by atoms with Crippen molar-refractivity contribution in [1.29, 1.82) is 0 Å². The van der Waals surface area contributed by atoms with E-state index in [9.17, 15) is 21.6 Å². The van der Waals surface area contributed by atoms with Gasteiger partial charge >= 0.3 is 0 Å². The molecule has 2 N–H and O–H groups in total. The van der Waals surface area contributed by atoms with Gasteiger partial charge in [0.2, 0.25) is 0 Å². The van der Waals surface area contributed by atoms with E-state index >= 15 is 0 Å². The van der Waals surface area contributed by atoms with Gasteiger partial charge in [0.1, 0.15) is 17.5 Å². The fourth-order valence-corrected chi connectivity index (χ4v) is 3.03. The summed E-state index contributed by atoms with van der Waals surface area (Å²) in [6, 6.07) is 5.94. The predicted molar refractivity (Wildman–Crippen MR) is 68.1 cm³/mol. The fourth-order valence-electron chi connectivity index (χ4n) is 1.64. The summed E-state index contributed by atoms with van der Waals surface area (Å²) in [4.78, 5) is -0.383. The van der Waals surface area contributed by atoms with Crippen LogP contribution in [0.4, 0.5) is 18.9 Å². The number of halogens is 3. The smallest absolute Gasteiger partial charge is 0.182 e. The second-order valence-electron chi connectivity index (χ2n) is 4.14. The van der Waals surface area contributed by atoms with Gasteiger partial charge in [-0.3, -0.25) is 0 Å². The largest absolute Gasteiger partial charge is 0.396 e. The van der Waals surface area contributed by atoms with Gasteiger partial charge in [-0.1, -0.05) is 6.07 Å². The Bertz CT molecular complexity index is 740. The van der Waals surface area contributed by atoms with Crippen LogP contribution in [-0.2, 0) is 15.6 Å². The molecule has 0 bridgehead atoms. The van der Waals surface area contributed by atoms with E-state index in [1.807, 2.05) is 0 Å². The molecule has 7 heteroatoms. The molecule has 0 fully saturated rings. The molecule has 0 saturated carbocycles. The summed E-state index contributed by atoms with van der Waals surface area (Å²) < 4.78 is 64.2. The van der Waals surface area contributed by atoms with Crippen LogP contribution >= 0.6 is 0 Å². The summed E-state index contributed by atoms with van der Waals surface area (Å²) in [6.07, 6.45) is 0. The van der Waals surface area contributed by atoms with E-state index in [4.69, 9.17) is 5.73 Å². The Morgan fingerprint density at radius 3 is 2.10 bits per heavy atom. The van der Waals surface area contributed by atoms with Crippen LogP contribution in [0.2, 0.25) is 0 Å². The average Bonchev–Trinajstić information content (AvgIpc) is 2.37. The van der Waals surface area contributed by atoms with Gasteiger partial charge in [0.05, 0.1) is 16.3 Å². The second-order valence-corrected chi connectivity index (χ2v) is 6.13. The molecule has 0 aliphatic rings. The maximum absolute atomic E-state index is 13.4. The number of nitrogen functional groups attached to an aromatic ring is 1. The van der Waals surface area contributed by atoms with Gasteiger partial charge in [-0.15, -0.1) is 0 Å². The maximum Gasteiger partial charge on any atom is 0.182 e. The van der Waals surface area contributed by atoms with Crippen LogP contribution in [0.1, 0.15) is 5.56 Å². The standard InChI is InChI=1S/C13H10F3NO2S/c14-10-2-1-3-11(15)9(10)7-20(18,19)8-4-5-13(17)12(16)6-8/h1-6H,7,17H2. The van der Waals surface area contributed by atoms with Crippen LogP contribution < -0.4 is 5.73 Å². The van der Waals surface area contributed by atoms with E-state index in [0.717, 1.165) is 36.4 Å². The Kier molecular flexibility index (Phi) is 3.71. The third kappa shape index (κ3) is 2.77. The van der Waals surface area contributed by atoms with Crippen LogP contribution in [0.5, 0.6) is 0 Å². The highest BCUT2D eigenvalue weighted by Crippen LogP contribution is 2.23. The minimum absolute atomic E-state index is 0.207. The number of anilines is 1. The first kappa shape index (κ1) is 14.4. The molecule has 0 atom stereocenters. The second kappa shape index (κ2) is 5.16. The van der Waals surface area contributed by atoms with Gasteiger partial charge in [0, 0.05) is 5.56 Å². The minimum Gasteiger partial charge on any atom is -0.396 e. The fraction of sp³-hybridized carbons (Fsp3) is 0.0769. The molecule has 2 aromatic rings. The zero-order valence-corrected chi connectivity index (χ0v) is 10.9. The van der Waals surface area contributed by atoms with E-state index in [0.29, 0.717) is 0 Å². The van der Waals surface area contributed by atoms with E-state index < -0.39 is 38.6 Å². The Labute approximate surface area is 113 Å². The predicted octanol–water partition coefficient (Wildman–Crippen LogP) is 2.66. The first-order valence-corrected chi connectivity index (χ1v) is 7.17. The summed E-state index contributed by atoms with van der Waals surface area (Å²) in [5, 5.41) is 0. The number of sulfone groups is 1. The molecule has 0 radical (unpaired) electrons. The van der Waals surface area contributed by atoms with Crippen LogP contribution in [0.25, 0.3) is 0 Å². The topological polar surface area (TPSA) is 60.2 Å². The molecular formula is C13H10F3NO2S. The van der Waals surface area contributed by atoms with Crippen LogP contribution in [0.3, 0.4) is 0 Å². The first-order chi connectivity index (χ1) is 9.31. The van der Waals surface area contributed by atoms with Crippen LogP contribution in [-0.4, -0.2) is 8.42 Å². The average molecular weight is 301 g/mol. The third-order valence-corrected chi connectivity index (χ3v) is 4.37. The molecule has 0 unspecified atom stereocenters. The summed E-state index contributed by atoms with van der Waals surface area (Å²) in [5.74, 6) is -3.73. The van der Waals surface area contributed by atoms with Gasteiger partial charge in [0.25, 0.3) is 0 Å². The lowest BCUT2D eigenvalue weighted by atomic mass is 10.2. The van der Waals surface area contributed by atoms with Crippen molar-refractivity contribution in [1.82, 2.24) is 0 Å². The van der Waals surface area contributed by atoms with Crippen molar-refractivity contribution in [3.8, 4) is 0 Å². The first-order valence-electron chi connectivity index (χ1n) is 5.52. The summed E-state index contributed by atoms with van der Waals surface area (Å²) in [7, 11) is -4.07. The van der Waals surface area contributed by atoms with Crippen LogP contribution in [0.15, 0.2) is 41.3 Å². The number of nitrogens with two attached hydrogens (primary N) is 1. The zero-order chi connectivity index (χ0) is 14.9. The zero-order valence-electron chi connectivity index (χ0n) is 10.1. The molecule has 0 heterocycles. The van der Waals surface area contributed by atoms with Crippen molar-refractivity contribution in [2.75, 3.05) is 5.73 Å². The monoisotopic (exact) mass is 301 g/mol. The Morgan fingerprint density at radius 1 is 0.950 bits per heavy atom. The molecule has 0 amide bonds. The lowest BCUT2D eigenvalue weighted by Crippen LogP contribution is -2.09. The minimum atomic E-state index is -4.07. The molecule has 2 aromatic carbocycles. The molecule has 2 rings (SSSR count). The molecule has 0 aliphatic carbocycles. The Balaban J connectivity index is 2.43. The lowest BCUT2D eigenvalue weighted by Gasteiger charge is -2.07. The van der Waals surface area contributed by atoms with E-state index in [1.54, 1.807) is 0 Å². The number of hydrogen-bond acceptors (Lipinski definition) is 3. The molecule has 0 aliphatic heterocycles. The molecule has 20 heavy (non-hydrogen) atoms. The normalized spacial score (nSPS) is 11.6.